The van der Waals surface area contributed by atoms with Crippen LogP contribution in [-0.2, 0) is 0 Å². The van der Waals surface area contributed by atoms with Crippen LogP contribution in [0.3, 0.4) is 0 Å². The molecule has 1 aliphatic carbocycles. The summed E-state index contributed by atoms with van der Waals surface area (Å²) >= 11 is 12.6. The van der Waals surface area contributed by atoms with Gasteiger partial charge in [0.25, 0.3) is 0 Å². The number of rotatable bonds is 2. The lowest BCUT2D eigenvalue weighted by Crippen LogP contribution is -2.12. The van der Waals surface area contributed by atoms with Crippen LogP contribution in [0.4, 0.5) is 0 Å². The maximum Gasteiger partial charge on any atom is 0.127 e. The van der Waals surface area contributed by atoms with Crippen LogP contribution < -0.4 is 0 Å². The van der Waals surface area contributed by atoms with Crippen molar-refractivity contribution in [2.45, 2.75) is 57.4 Å². The predicted molar refractivity (Wildman–Crippen MR) is 90.3 cm³/mol. The number of alkyl halides is 1. The molecule has 1 heterocycles. The number of halogens is 2. The molecule has 2 nitrogen and oxygen atoms in total. The average Bonchev–Trinajstić information content (AvgIpc) is 2.68. The minimum atomic E-state index is -0.0862. The maximum absolute atomic E-state index is 6.39. The van der Waals surface area contributed by atoms with E-state index in [2.05, 4.69) is 11.5 Å². The van der Waals surface area contributed by atoms with Gasteiger partial charge in [-0.15, -0.1) is 11.6 Å². The van der Waals surface area contributed by atoms with Gasteiger partial charge in [0.2, 0.25) is 0 Å². The molecule has 2 aromatic rings. The second-order valence-corrected chi connectivity index (χ2v) is 7.45. The van der Waals surface area contributed by atoms with Crippen LogP contribution >= 0.6 is 23.2 Å². The van der Waals surface area contributed by atoms with Gasteiger partial charge in [-0.3, -0.25) is 0 Å². The fourth-order valence-electron chi connectivity index (χ4n) is 3.47. The van der Waals surface area contributed by atoms with Crippen LogP contribution in [-0.4, -0.2) is 9.55 Å². The summed E-state index contributed by atoms with van der Waals surface area (Å²) in [5.41, 5.74) is 2.13. The monoisotopic (exact) mass is 324 g/mol. The van der Waals surface area contributed by atoms with Crippen molar-refractivity contribution in [3.05, 3.63) is 29.0 Å². The number of fused-ring (bicyclic) bond motifs is 1. The molecule has 0 aliphatic heterocycles. The van der Waals surface area contributed by atoms with Crippen molar-refractivity contribution in [2.24, 2.45) is 5.92 Å². The van der Waals surface area contributed by atoms with Crippen molar-refractivity contribution in [3.8, 4) is 0 Å². The first-order valence-corrected chi connectivity index (χ1v) is 8.69. The molecule has 1 aromatic carbocycles. The molecule has 4 heteroatoms. The topological polar surface area (TPSA) is 17.8 Å². The van der Waals surface area contributed by atoms with Crippen LogP contribution in [0.2, 0.25) is 5.02 Å². The molecule has 1 aromatic heterocycles. The second-order valence-electron chi connectivity index (χ2n) is 6.36. The first kappa shape index (κ1) is 15.2. The van der Waals surface area contributed by atoms with E-state index in [-0.39, 0.29) is 5.38 Å². The van der Waals surface area contributed by atoms with E-state index in [1.54, 1.807) is 0 Å². The Hall–Kier alpha value is -0.730. The third kappa shape index (κ3) is 3.07. The highest BCUT2D eigenvalue weighted by atomic mass is 35.5. The summed E-state index contributed by atoms with van der Waals surface area (Å²) < 4.78 is 2.36. The van der Waals surface area contributed by atoms with Crippen LogP contribution in [0, 0.1) is 5.92 Å². The van der Waals surface area contributed by atoms with Crippen LogP contribution in [0.25, 0.3) is 11.0 Å². The quantitative estimate of drug-likeness (QED) is 0.479. The lowest BCUT2D eigenvalue weighted by molar-refractivity contribution is 0.430. The molecule has 3 atom stereocenters. The Morgan fingerprint density at radius 3 is 2.81 bits per heavy atom. The number of hydrogen-bond donors (Lipinski definition) is 0. The van der Waals surface area contributed by atoms with E-state index in [9.17, 15) is 0 Å². The molecule has 0 amide bonds. The van der Waals surface area contributed by atoms with Gasteiger partial charge in [0, 0.05) is 11.1 Å². The standard InChI is InChI=1S/C17H22Cl2N2/c1-11-4-3-5-14(8-6-11)21-16-10-13(19)7-9-15(16)20-17(21)12(2)18/h7,9-12,14H,3-6,8H2,1-2H3. The van der Waals surface area contributed by atoms with E-state index < -0.39 is 0 Å². The Balaban J connectivity index is 2.09. The zero-order valence-electron chi connectivity index (χ0n) is 12.6. The maximum atomic E-state index is 6.39. The van der Waals surface area contributed by atoms with Gasteiger partial charge in [-0.05, 0) is 50.3 Å². The summed E-state index contributed by atoms with van der Waals surface area (Å²) in [6.07, 6.45) is 6.30. The zero-order chi connectivity index (χ0) is 15.0. The number of aromatic nitrogens is 2. The van der Waals surface area contributed by atoms with Gasteiger partial charge in [0.1, 0.15) is 5.82 Å². The molecular formula is C17H22Cl2N2. The second kappa shape index (κ2) is 6.18. The molecule has 114 valence electrons. The summed E-state index contributed by atoms with van der Waals surface area (Å²) in [4.78, 5) is 4.75. The minimum absolute atomic E-state index is 0.0862. The highest BCUT2D eigenvalue weighted by Gasteiger charge is 2.24. The summed E-state index contributed by atoms with van der Waals surface area (Å²) in [7, 11) is 0. The Kier molecular flexibility index (Phi) is 4.46. The van der Waals surface area contributed by atoms with Crippen molar-refractivity contribution in [3.63, 3.8) is 0 Å². The zero-order valence-corrected chi connectivity index (χ0v) is 14.2. The number of nitrogens with zero attached hydrogens (tertiary/aromatic N) is 2. The van der Waals surface area contributed by atoms with Crippen molar-refractivity contribution in [2.75, 3.05) is 0 Å². The van der Waals surface area contributed by atoms with E-state index >= 15 is 0 Å². The predicted octanol–water partition coefficient (Wildman–Crippen LogP) is 6.13. The van der Waals surface area contributed by atoms with Crippen molar-refractivity contribution < 1.29 is 0 Å². The molecule has 3 rings (SSSR count). The molecular weight excluding hydrogens is 303 g/mol. The third-order valence-corrected chi connectivity index (χ3v) is 5.06. The van der Waals surface area contributed by atoms with Gasteiger partial charge in [0.05, 0.1) is 16.4 Å². The molecule has 1 fully saturated rings. The van der Waals surface area contributed by atoms with Crippen molar-refractivity contribution in [1.29, 1.82) is 0 Å². The SMILES string of the molecule is CC1CCCC(n2c(C(C)Cl)nc3ccc(Cl)cc32)CC1. The fraction of sp³-hybridized carbons (Fsp3) is 0.588. The first-order valence-electron chi connectivity index (χ1n) is 7.87. The highest BCUT2D eigenvalue weighted by Crippen LogP contribution is 2.36. The smallest absolute Gasteiger partial charge is 0.127 e. The molecule has 21 heavy (non-hydrogen) atoms. The summed E-state index contributed by atoms with van der Waals surface area (Å²) in [6.45, 7) is 4.36. The molecule has 0 N–H and O–H groups in total. The molecule has 0 bridgehead atoms. The Morgan fingerprint density at radius 1 is 1.24 bits per heavy atom. The fourth-order valence-corrected chi connectivity index (χ4v) is 3.80. The van der Waals surface area contributed by atoms with Gasteiger partial charge < -0.3 is 4.57 Å². The van der Waals surface area contributed by atoms with E-state index in [0.717, 1.165) is 27.8 Å². The highest BCUT2D eigenvalue weighted by molar-refractivity contribution is 6.31. The van der Waals surface area contributed by atoms with Crippen molar-refractivity contribution >= 4 is 34.2 Å². The molecule has 1 saturated carbocycles. The minimum Gasteiger partial charge on any atom is -0.324 e. The lowest BCUT2D eigenvalue weighted by atomic mass is 10.0. The molecule has 0 radical (unpaired) electrons. The molecule has 1 aliphatic rings. The van der Waals surface area contributed by atoms with E-state index in [0.29, 0.717) is 6.04 Å². The van der Waals surface area contributed by atoms with Gasteiger partial charge >= 0.3 is 0 Å². The lowest BCUT2D eigenvalue weighted by Gasteiger charge is -2.21. The Morgan fingerprint density at radius 2 is 2.05 bits per heavy atom. The summed E-state index contributed by atoms with van der Waals surface area (Å²) in [6, 6.07) is 6.42. The van der Waals surface area contributed by atoms with Gasteiger partial charge in [0.15, 0.2) is 0 Å². The van der Waals surface area contributed by atoms with Gasteiger partial charge in [-0.2, -0.15) is 0 Å². The number of hydrogen-bond acceptors (Lipinski definition) is 1. The van der Waals surface area contributed by atoms with E-state index in [4.69, 9.17) is 28.2 Å². The number of benzene rings is 1. The average molecular weight is 325 g/mol. The van der Waals surface area contributed by atoms with Crippen molar-refractivity contribution in [1.82, 2.24) is 9.55 Å². The largest absolute Gasteiger partial charge is 0.324 e. The first-order chi connectivity index (χ1) is 10.1. The molecule has 3 unspecified atom stereocenters. The Bertz CT molecular complexity index is 633. The molecule has 0 spiro atoms. The van der Waals surface area contributed by atoms with Crippen LogP contribution in [0.5, 0.6) is 0 Å². The van der Waals surface area contributed by atoms with Crippen LogP contribution in [0.1, 0.15) is 63.2 Å². The third-order valence-electron chi connectivity index (χ3n) is 4.63. The normalized spacial score (nSPS) is 25.0. The van der Waals surface area contributed by atoms with Gasteiger partial charge in [-0.1, -0.05) is 31.4 Å². The number of imidazole rings is 1. The molecule has 0 saturated heterocycles. The summed E-state index contributed by atoms with van der Waals surface area (Å²) in [5.74, 6) is 1.80. The summed E-state index contributed by atoms with van der Waals surface area (Å²) in [5, 5.41) is 0.677. The van der Waals surface area contributed by atoms with Crippen LogP contribution in [0.15, 0.2) is 18.2 Å². The van der Waals surface area contributed by atoms with Gasteiger partial charge in [-0.25, -0.2) is 4.98 Å². The van der Waals surface area contributed by atoms with E-state index in [1.165, 1.54) is 32.1 Å². The Labute approximate surface area is 136 Å². The van der Waals surface area contributed by atoms with E-state index in [1.807, 2.05) is 25.1 Å².